The number of nitro groups is 1. The Morgan fingerprint density at radius 1 is 1.47 bits per heavy atom. The van der Waals surface area contributed by atoms with E-state index in [0.717, 1.165) is 6.42 Å². The summed E-state index contributed by atoms with van der Waals surface area (Å²) in [6, 6.07) is 0. The maximum atomic E-state index is 11.2. The van der Waals surface area contributed by atoms with Crippen LogP contribution in [0.25, 0.3) is 0 Å². The molecule has 0 aliphatic heterocycles. The molecular formula is C11H20N4O4. The van der Waals surface area contributed by atoms with Gasteiger partial charge in [-0.25, -0.2) is 4.68 Å². The molecule has 0 saturated carbocycles. The summed E-state index contributed by atoms with van der Waals surface area (Å²) in [5.74, 6) is 0.368. The van der Waals surface area contributed by atoms with Crippen LogP contribution in [-0.2, 0) is 22.9 Å². The third-order valence-corrected chi connectivity index (χ3v) is 2.72. The number of rotatable bonds is 8. The minimum absolute atomic E-state index is 0.0234. The maximum Gasteiger partial charge on any atom is 0.333 e. The van der Waals surface area contributed by atoms with Gasteiger partial charge < -0.3 is 14.8 Å². The van der Waals surface area contributed by atoms with Crippen LogP contribution in [0.1, 0.15) is 19.0 Å². The van der Waals surface area contributed by atoms with Crippen molar-refractivity contribution in [2.24, 2.45) is 7.05 Å². The summed E-state index contributed by atoms with van der Waals surface area (Å²) >= 11 is 0. The van der Waals surface area contributed by atoms with Crippen molar-refractivity contribution in [3.05, 3.63) is 15.8 Å². The van der Waals surface area contributed by atoms with E-state index in [2.05, 4.69) is 10.4 Å². The minimum atomic E-state index is -0.468. The fourth-order valence-corrected chi connectivity index (χ4v) is 1.81. The van der Waals surface area contributed by atoms with Crippen molar-refractivity contribution in [1.29, 1.82) is 0 Å². The average Bonchev–Trinajstić information content (AvgIpc) is 2.67. The first kappa shape index (κ1) is 15.4. The van der Waals surface area contributed by atoms with Crippen LogP contribution >= 0.6 is 0 Å². The fraction of sp³-hybridized carbons (Fsp3) is 0.727. The second kappa shape index (κ2) is 7.05. The summed E-state index contributed by atoms with van der Waals surface area (Å²) < 4.78 is 11.5. The Morgan fingerprint density at radius 3 is 2.58 bits per heavy atom. The third-order valence-electron chi connectivity index (χ3n) is 2.72. The van der Waals surface area contributed by atoms with E-state index in [1.54, 1.807) is 7.05 Å². The van der Waals surface area contributed by atoms with Gasteiger partial charge in [-0.3, -0.25) is 10.1 Å². The van der Waals surface area contributed by atoms with Crippen LogP contribution < -0.4 is 5.32 Å². The van der Waals surface area contributed by atoms with Gasteiger partial charge in [0.25, 0.3) is 0 Å². The van der Waals surface area contributed by atoms with Crippen LogP contribution in [0.15, 0.2) is 0 Å². The quantitative estimate of drug-likeness (QED) is 0.436. The number of anilines is 1. The van der Waals surface area contributed by atoms with Gasteiger partial charge in [0.05, 0.1) is 11.5 Å². The van der Waals surface area contributed by atoms with Crippen molar-refractivity contribution in [2.75, 3.05) is 26.1 Å². The third kappa shape index (κ3) is 3.65. The summed E-state index contributed by atoms with van der Waals surface area (Å²) in [6.07, 6.45) is 0.906. The number of aryl methyl sites for hydroxylation is 2. The van der Waals surface area contributed by atoms with Crippen LogP contribution in [0.3, 0.4) is 0 Å². The molecule has 0 aliphatic carbocycles. The lowest BCUT2D eigenvalue weighted by molar-refractivity contribution is -0.384. The predicted octanol–water partition coefficient (Wildman–Crippen LogP) is 1.31. The largest absolute Gasteiger partial charge is 0.359 e. The molecule has 0 amide bonds. The lowest BCUT2D eigenvalue weighted by Crippen LogP contribution is -2.24. The molecule has 1 aromatic rings. The first-order chi connectivity index (χ1) is 9.04. The Balaban J connectivity index is 2.95. The van der Waals surface area contributed by atoms with Gasteiger partial charge in [-0.2, -0.15) is 5.10 Å². The number of methoxy groups -OCH3 is 2. The molecule has 1 aromatic heterocycles. The smallest absolute Gasteiger partial charge is 0.333 e. The van der Waals surface area contributed by atoms with Crippen LogP contribution in [0, 0.1) is 10.1 Å². The van der Waals surface area contributed by atoms with E-state index in [1.165, 1.54) is 18.9 Å². The molecule has 8 heteroatoms. The molecule has 0 aromatic carbocycles. The van der Waals surface area contributed by atoms with E-state index in [4.69, 9.17) is 9.47 Å². The summed E-state index contributed by atoms with van der Waals surface area (Å²) in [6.45, 7) is 2.26. The molecule has 0 atom stereocenters. The molecule has 0 bridgehead atoms. The lowest BCUT2D eigenvalue weighted by Gasteiger charge is -2.14. The zero-order valence-corrected chi connectivity index (χ0v) is 11.7. The van der Waals surface area contributed by atoms with Gasteiger partial charge >= 0.3 is 5.69 Å². The molecule has 8 nitrogen and oxygen atoms in total. The first-order valence-electron chi connectivity index (χ1n) is 6.04. The van der Waals surface area contributed by atoms with Crippen molar-refractivity contribution in [3.8, 4) is 0 Å². The predicted molar refractivity (Wildman–Crippen MR) is 70.2 cm³/mol. The molecule has 0 saturated heterocycles. The first-order valence-corrected chi connectivity index (χ1v) is 6.04. The molecular weight excluding hydrogens is 252 g/mol. The fourth-order valence-electron chi connectivity index (χ4n) is 1.81. The molecule has 1 N–H and O–H groups in total. The second-order valence-electron chi connectivity index (χ2n) is 4.06. The van der Waals surface area contributed by atoms with E-state index in [0.29, 0.717) is 24.5 Å². The molecule has 0 radical (unpaired) electrons. The highest BCUT2D eigenvalue weighted by Crippen LogP contribution is 2.28. The Morgan fingerprint density at radius 2 is 2.11 bits per heavy atom. The summed E-state index contributed by atoms with van der Waals surface area (Å²) in [5.41, 5.74) is 0.513. The highest BCUT2D eigenvalue weighted by molar-refractivity contribution is 5.59. The van der Waals surface area contributed by atoms with Crippen molar-refractivity contribution >= 4 is 11.5 Å². The summed E-state index contributed by atoms with van der Waals surface area (Å²) in [4.78, 5) is 10.8. The van der Waals surface area contributed by atoms with Crippen LogP contribution in [0.4, 0.5) is 11.5 Å². The van der Waals surface area contributed by atoms with Crippen LogP contribution in [-0.4, -0.2) is 41.8 Å². The molecule has 0 aliphatic rings. The number of aromatic nitrogens is 2. The minimum Gasteiger partial charge on any atom is -0.359 e. The topological polar surface area (TPSA) is 91.5 Å². The van der Waals surface area contributed by atoms with E-state index < -0.39 is 11.2 Å². The van der Waals surface area contributed by atoms with Crippen molar-refractivity contribution in [3.63, 3.8) is 0 Å². The monoisotopic (exact) mass is 272 g/mol. The van der Waals surface area contributed by atoms with Gasteiger partial charge in [0, 0.05) is 21.3 Å². The standard InChI is InChI=1S/C11H20N4O4/c1-5-6-8-10(15(16)17)11(14(2)13-8)12-7-9(18-3)19-4/h9,12H,5-7H2,1-4H3. The van der Waals surface area contributed by atoms with Gasteiger partial charge in [0.2, 0.25) is 5.82 Å². The van der Waals surface area contributed by atoms with Crippen molar-refractivity contribution < 1.29 is 14.4 Å². The summed E-state index contributed by atoms with van der Waals surface area (Å²) in [5, 5.41) is 18.3. The van der Waals surface area contributed by atoms with Crippen molar-refractivity contribution in [2.45, 2.75) is 26.1 Å². The van der Waals surface area contributed by atoms with Crippen molar-refractivity contribution in [1.82, 2.24) is 9.78 Å². The second-order valence-corrected chi connectivity index (χ2v) is 4.06. The highest BCUT2D eigenvalue weighted by atomic mass is 16.7. The van der Waals surface area contributed by atoms with Gasteiger partial charge in [-0.05, 0) is 6.42 Å². The number of hydrogen-bond donors (Lipinski definition) is 1. The molecule has 1 heterocycles. The van der Waals surface area contributed by atoms with E-state index in [1.807, 2.05) is 6.92 Å². The average molecular weight is 272 g/mol. The van der Waals surface area contributed by atoms with E-state index >= 15 is 0 Å². The van der Waals surface area contributed by atoms with Gasteiger partial charge in [-0.15, -0.1) is 0 Å². The van der Waals surface area contributed by atoms with Gasteiger partial charge in [0.15, 0.2) is 6.29 Å². The molecule has 19 heavy (non-hydrogen) atoms. The molecule has 0 unspecified atom stereocenters. The number of nitrogens with one attached hydrogen (secondary N) is 1. The Labute approximate surface area is 111 Å². The zero-order valence-electron chi connectivity index (χ0n) is 11.7. The van der Waals surface area contributed by atoms with Gasteiger partial charge in [0.1, 0.15) is 5.69 Å². The normalized spacial score (nSPS) is 11.0. The van der Waals surface area contributed by atoms with Crippen LogP contribution in [0.2, 0.25) is 0 Å². The number of nitrogens with zero attached hydrogens (tertiary/aromatic N) is 3. The SMILES string of the molecule is CCCc1nn(C)c(NCC(OC)OC)c1[N+](=O)[O-]. The van der Waals surface area contributed by atoms with Crippen LogP contribution in [0.5, 0.6) is 0 Å². The highest BCUT2D eigenvalue weighted by Gasteiger charge is 2.26. The molecule has 108 valence electrons. The number of hydrogen-bond acceptors (Lipinski definition) is 6. The Hall–Kier alpha value is -1.67. The Bertz CT molecular complexity index is 429. The Kier molecular flexibility index (Phi) is 5.71. The number of ether oxygens (including phenoxy) is 2. The van der Waals surface area contributed by atoms with E-state index in [-0.39, 0.29) is 5.69 Å². The summed E-state index contributed by atoms with van der Waals surface area (Å²) in [7, 11) is 4.69. The maximum absolute atomic E-state index is 11.2. The molecule has 0 fully saturated rings. The molecule has 0 spiro atoms. The zero-order chi connectivity index (χ0) is 14.4. The lowest BCUT2D eigenvalue weighted by atomic mass is 10.2. The van der Waals surface area contributed by atoms with E-state index in [9.17, 15) is 10.1 Å². The van der Waals surface area contributed by atoms with Gasteiger partial charge in [-0.1, -0.05) is 13.3 Å². The molecule has 1 rings (SSSR count).